The normalized spacial score (nSPS) is 19.5. The van der Waals surface area contributed by atoms with Crippen molar-refractivity contribution < 1.29 is 19.1 Å². The molecule has 2 amide bonds. The molecule has 0 aliphatic carbocycles. The minimum absolute atomic E-state index is 0.0339. The van der Waals surface area contributed by atoms with Gasteiger partial charge in [0.05, 0.1) is 13.2 Å². The lowest BCUT2D eigenvalue weighted by Gasteiger charge is -2.37. The van der Waals surface area contributed by atoms with E-state index in [4.69, 9.17) is 9.47 Å². The minimum atomic E-state index is 0.0339. The Kier molecular flexibility index (Phi) is 6.59. The molecule has 3 aromatic carbocycles. The molecular formula is C34H37N3O4. The molecule has 4 heterocycles. The van der Waals surface area contributed by atoms with Gasteiger partial charge in [0.15, 0.2) is 0 Å². The summed E-state index contributed by atoms with van der Waals surface area (Å²) in [5.41, 5.74) is 8.27. The number of fused-ring (bicyclic) bond motifs is 3. The molecule has 7 nitrogen and oxygen atoms in total. The van der Waals surface area contributed by atoms with Crippen molar-refractivity contribution in [2.24, 2.45) is 0 Å². The van der Waals surface area contributed by atoms with E-state index in [0.717, 1.165) is 85.7 Å². The van der Waals surface area contributed by atoms with Crippen LogP contribution in [0.4, 0.5) is 11.4 Å². The van der Waals surface area contributed by atoms with Crippen molar-refractivity contribution in [2.45, 2.75) is 44.1 Å². The van der Waals surface area contributed by atoms with Crippen molar-refractivity contribution in [1.29, 1.82) is 0 Å². The first-order valence-corrected chi connectivity index (χ1v) is 14.8. The van der Waals surface area contributed by atoms with E-state index in [9.17, 15) is 9.59 Å². The highest BCUT2D eigenvalue weighted by Crippen LogP contribution is 2.49. The molecule has 0 bridgehead atoms. The maximum Gasteiger partial charge on any atom is 0.258 e. The SMILES string of the molecule is COCc1cc(N2CCCC2=O)ccc1-c1ccc(C(=O)N2CCc3cc4c(cc32)C2(CCN(C)CC2)CO4)cc1. The Hall–Kier alpha value is -3.68. The summed E-state index contributed by atoms with van der Waals surface area (Å²) in [6, 6.07) is 18.5. The van der Waals surface area contributed by atoms with Gasteiger partial charge in [-0.1, -0.05) is 18.2 Å². The highest BCUT2D eigenvalue weighted by Gasteiger charge is 2.44. The summed E-state index contributed by atoms with van der Waals surface area (Å²) in [6.45, 7) is 4.77. The topological polar surface area (TPSA) is 62.3 Å². The van der Waals surface area contributed by atoms with Gasteiger partial charge in [-0.3, -0.25) is 9.59 Å². The van der Waals surface area contributed by atoms with Gasteiger partial charge in [-0.25, -0.2) is 0 Å². The molecule has 7 rings (SSSR count). The van der Waals surface area contributed by atoms with Crippen LogP contribution in [0.2, 0.25) is 0 Å². The van der Waals surface area contributed by atoms with E-state index >= 15 is 0 Å². The van der Waals surface area contributed by atoms with E-state index in [-0.39, 0.29) is 17.2 Å². The van der Waals surface area contributed by atoms with Crippen LogP contribution in [0.25, 0.3) is 11.1 Å². The van der Waals surface area contributed by atoms with Crippen LogP contribution >= 0.6 is 0 Å². The number of methoxy groups -OCH3 is 1. The van der Waals surface area contributed by atoms with Crippen LogP contribution < -0.4 is 14.5 Å². The number of ether oxygens (including phenoxy) is 2. The van der Waals surface area contributed by atoms with Crippen molar-refractivity contribution in [2.75, 3.05) is 56.7 Å². The molecule has 7 heteroatoms. The van der Waals surface area contributed by atoms with Crippen molar-refractivity contribution in [1.82, 2.24) is 4.90 Å². The fraction of sp³-hybridized carbons (Fsp3) is 0.412. The molecule has 2 saturated heterocycles. The molecule has 0 atom stereocenters. The van der Waals surface area contributed by atoms with Gasteiger partial charge in [-0.05, 0) is 104 Å². The number of amides is 2. The molecule has 1 spiro atoms. The van der Waals surface area contributed by atoms with Gasteiger partial charge >= 0.3 is 0 Å². The van der Waals surface area contributed by atoms with Gasteiger partial charge < -0.3 is 24.2 Å². The van der Waals surface area contributed by atoms with E-state index in [1.807, 2.05) is 40.1 Å². The Morgan fingerprint density at radius 3 is 2.51 bits per heavy atom. The van der Waals surface area contributed by atoms with Crippen LogP contribution in [-0.2, 0) is 28.0 Å². The maximum absolute atomic E-state index is 13.8. The number of anilines is 2. The molecule has 4 aliphatic rings. The smallest absolute Gasteiger partial charge is 0.258 e. The maximum atomic E-state index is 13.8. The first-order chi connectivity index (χ1) is 20.0. The first kappa shape index (κ1) is 26.2. The van der Waals surface area contributed by atoms with Crippen molar-refractivity contribution >= 4 is 23.2 Å². The number of carbonyl (C=O) groups is 2. The van der Waals surface area contributed by atoms with Crippen LogP contribution in [0.1, 0.15) is 52.7 Å². The predicted molar refractivity (Wildman–Crippen MR) is 160 cm³/mol. The number of nitrogens with zero attached hydrogens (tertiary/aromatic N) is 3. The number of benzene rings is 3. The second kappa shape index (κ2) is 10.3. The minimum Gasteiger partial charge on any atom is -0.492 e. The van der Waals surface area contributed by atoms with Gasteiger partial charge in [0.25, 0.3) is 5.91 Å². The van der Waals surface area contributed by atoms with Crippen LogP contribution in [0.5, 0.6) is 5.75 Å². The van der Waals surface area contributed by atoms with Crippen molar-refractivity contribution in [3.8, 4) is 16.9 Å². The highest BCUT2D eigenvalue weighted by atomic mass is 16.5. The second-order valence-electron chi connectivity index (χ2n) is 12.1. The molecule has 0 saturated carbocycles. The third kappa shape index (κ3) is 4.52. The second-order valence-corrected chi connectivity index (χ2v) is 12.1. The largest absolute Gasteiger partial charge is 0.492 e. The monoisotopic (exact) mass is 551 g/mol. The van der Waals surface area contributed by atoms with Gasteiger partial charge in [0.1, 0.15) is 5.75 Å². The van der Waals surface area contributed by atoms with Gasteiger partial charge in [-0.2, -0.15) is 0 Å². The zero-order chi connectivity index (χ0) is 28.1. The summed E-state index contributed by atoms with van der Waals surface area (Å²) in [7, 11) is 3.87. The Labute approximate surface area is 241 Å². The van der Waals surface area contributed by atoms with E-state index in [1.54, 1.807) is 7.11 Å². The molecule has 0 unspecified atom stereocenters. The predicted octanol–water partition coefficient (Wildman–Crippen LogP) is 5.19. The summed E-state index contributed by atoms with van der Waals surface area (Å²) >= 11 is 0. The number of hydrogen-bond acceptors (Lipinski definition) is 5. The third-order valence-electron chi connectivity index (χ3n) is 9.56. The Morgan fingerprint density at radius 1 is 0.976 bits per heavy atom. The van der Waals surface area contributed by atoms with Crippen LogP contribution in [-0.4, -0.2) is 63.7 Å². The summed E-state index contributed by atoms with van der Waals surface area (Å²) in [5, 5.41) is 0. The lowest BCUT2D eigenvalue weighted by Crippen LogP contribution is -2.42. The first-order valence-electron chi connectivity index (χ1n) is 14.8. The fourth-order valence-electron chi connectivity index (χ4n) is 7.09. The van der Waals surface area contributed by atoms with Gasteiger partial charge in [0.2, 0.25) is 5.91 Å². The van der Waals surface area contributed by atoms with Crippen molar-refractivity contribution in [3.05, 3.63) is 76.9 Å². The molecule has 0 aromatic heterocycles. The van der Waals surface area contributed by atoms with Crippen LogP contribution in [0, 0.1) is 0 Å². The number of likely N-dealkylation sites (tertiary alicyclic amines) is 1. The number of carbonyl (C=O) groups excluding carboxylic acids is 2. The highest BCUT2D eigenvalue weighted by molar-refractivity contribution is 6.07. The van der Waals surface area contributed by atoms with E-state index in [2.05, 4.69) is 36.2 Å². The number of piperidine rings is 1. The van der Waals surface area contributed by atoms with Crippen LogP contribution in [0.15, 0.2) is 54.6 Å². The Balaban J connectivity index is 1.14. The molecule has 212 valence electrons. The van der Waals surface area contributed by atoms with Gasteiger partial charge in [-0.15, -0.1) is 0 Å². The lowest BCUT2D eigenvalue weighted by molar-refractivity contribution is -0.117. The quantitative estimate of drug-likeness (QED) is 0.437. The average Bonchev–Trinajstić information content (AvgIpc) is 3.71. The van der Waals surface area contributed by atoms with Gasteiger partial charge in [0, 0.05) is 54.5 Å². The zero-order valence-electron chi connectivity index (χ0n) is 23.9. The van der Waals surface area contributed by atoms with E-state index < -0.39 is 0 Å². The summed E-state index contributed by atoms with van der Waals surface area (Å²) in [6.07, 6.45) is 4.52. The molecule has 4 aliphatic heterocycles. The Bertz CT molecular complexity index is 1510. The molecule has 2 fully saturated rings. The lowest BCUT2D eigenvalue weighted by atomic mass is 9.74. The van der Waals surface area contributed by atoms with E-state index in [0.29, 0.717) is 25.1 Å². The molecule has 3 aromatic rings. The molecule has 41 heavy (non-hydrogen) atoms. The standard InChI is InChI=1S/C34H37N3O4/c1-35-16-12-34(13-17-35)22-41-31-19-25-11-15-37(30(25)20-29(31)34)33(39)24-7-5-23(6-8-24)28-10-9-27(18-26(28)21-40-2)36-14-3-4-32(36)38/h5-10,18-20H,3-4,11-17,21-22H2,1-2H3. The molecule has 0 radical (unpaired) electrons. The summed E-state index contributed by atoms with van der Waals surface area (Å²) in [5.74, 6) is 1.22. The third-order valence-corrected chi connectivity index (χ3v) is 9.56. The number of hydrogen-bond donors (Lipinski definition) is 0. The zero-order valence-corrected chi connectivity index (χ0v) is 23.9. The Morgan fingerprint density at radius 2 is 1.78 bits per heavy atom. The van der Waals surface area contributed by atoms with E-state index in [1.165, 1.54) is 11.1 Å². The fourth-order valence-corrected chi connectivity index (χ4v) is 7.09. The molecule has 0 N–H and O–H groups in total. The summed E-state index contributed by atoms with van der Waals surface area (Å²) in [4.78, 5) is 32.3. The molecular weight excluding hydrogens is 514 g/mol. The van der Waals surface area contributed by atoms with Crippen LogP contribution in [0.3, 0.4) is 0 Å². The summed E-state index contributed by atoms with van der Waals surface area (Å²) < 4.78 is 11.7. The number of rotatable bonds is 5. The van der Waals surface area contributed by atoms with Crippen molar-refractivity contribution in [3.63, 3.8) is 0 Å². The average molecular weight is 552 g/mol.